The van der Waals surface area contributed by atoms with Crippen molar-refractivity contribution in [3.8, 4) is 5.75 Å². The summed E-state index contributed by atoms with van der Waals surface area (Å²) >= 11 is 3.46. The van der Waals surface area contributed by atoms with Crippen LogP contribution in [0.3, 0.4) is 0 Å². The lowest BCUT2D eigenvalue weighted by Crippen LogP contribution is -2.08. The molecule has 1 atom stereocenters. The van der Waals surface area contributed by atoms with Crippen LogP contribution in [0.25, 0.3) is 0 Å². The first-order chi connectivity index (χ1) is 9.51. The van der Waals surface area contributed by atoms with Gasteiger partial charge in [-0.1, -0.05) is 28.1 Å². The quantitative estimate of drug-likeness (QED) is 0.840. The third kappa shape index (κ3) is 3.31. The topological polar surface area (TPSA) is 21.3 Å². The summed E-state index contributed by atoms with van der Waals surface area (Å²) in [7, 11) is 1.46. The number of hydrogen-bond acceptors (Lipinski definition) is 2. The fourth-order valence-electron chi connectivity index (χ4n) is 2.02. The fourth-order valence-corrected chi connectivity index (χ4v) is 2.38. The van der Waals surface area contributed by atoms with Gasteiger partial charge in [-0.15, -0.1) is 0 Å². The number of benzene rings is 2. The molecule has 0 bridgehead atoms. The van der Waals surface area contributed by atoms with E-state index >= 15 is 0 Å². The van der Waals surface area contributed by atoms with E-state index in [1.807, 2.05) is 38.1 Å². The number of rotatable bonds is 4. The summed E-state index contributed by atoms with van der Waals surface area (Å²) in [5.41, 5.74) is 3.06. The first kappa shape index (κ1) is 14.9. The van der Waals surface area contributed by atoms with Gasteiger partial charge in [-0.25, -0.2) is 4.39 Å². The van der Waals surface area contributed by atoms with E-state index in [1.165, 1.54) is 13.2 Å². The number of ether oxygens (including phenoxy) is 1. The maximum Gasteiger partial charge on any atom is 0.165 e. The van der Waals surface area contributed by atoms with Gasteiger partial charge < -0.3 is 10.1 Å². The average Bonchev–Trinajstić information content (AvgIpc) is 2.42. The average molecular weight is 338 g/mol. The molecule has 2 rings (SSSR count). The Morgan fingerprint density at radius 3 is 2.60 bits per heavy atom. The predicted octanol–water partition coefficient (Wildman–Crippen LogP) is 5.08. The number of anilines is 1. The van der Waals surface area contributed by atoms with Crippen molar-refractivity contribution >= 4 is 21.6 Å². The smallest absolute Gasteiger partial charge is 0.165 e. The molecule has 20 heavy (non-hydrogen) atoms. The Morgan fingerprint density at radius 1 is 1.20 bits per heavy atom. The second kappa shape index (κ2) is 6.27. The van der Waals surface area contributed by atoms with Crippen molar-refractivity contribution in [2.24, 2.45) is 0 Å². The minimum absolute atomic E-state index is 0.00315. The van der Waals surface area contributed by atoms with Crippen LogP contribution < -0.4 is 10.1 Å². The molecule has 0 aromatic heterocycles. The molecule has 0 heterocycles. The lowest BCUT2D eigenvalue weighted by atomic mass is 10.1. The normalized spacial score (nSPS) is 12.1. The fraction of sp³-hybridized carbons (Fsp3) is 0.250. The highest BCUT2D eigenvalue weighted by molar-refractivity contribution is 9.10. The standard InChI is InChI=1S/C16H17BrFNO/c1-10-4-6-13(17)9-15(10)19-11(2)12-5-7-16(20-3)14(18)8-12/h4-9,11,19H,1-3H3. The molecule has 0 radical (unpaired) electrons. The van der Waals surface area contributed by atoms with Crippen LogP contribution in [0.4, 0.5) is 10.1 Å². The molecule has 0 aliphatic carbocycles. The van der Waals surface area contributed by atoms with E-state index in [2.05, 4.69) is 21.2 Å². The van der Waals surface area contributed by atoms with Gasteiger partial charge in [0.25, 0.3) is 0 Å². The van der Waals surface area contributed by atoms with Gasteiger partial charge in [-0.2, -0.15) is 0 Å². The van der Waals surface area contributed by atoms with Gasteiger partial charge in [0.1, 0.15) is 0 Å². The summed E-state index contributed by atoms with van der Waals surface area (Å²) in [4.78, 5) is 0. The first-order valence-corrected chi connectivity index (χ1v) is 7.16. The number of hydrogen-bond donors (Lipinski definition) is 1. The van der Waals surface area contributed by atoms with Crippen LogP contribution >= 0.6 is 15.9 Å². The van der Waals surface area contributed by atoms with Crippen LogP contribution in [0.5, 0.6) is 5.75 Å². The minimum atomic E-state index is -0.343. The van der Waals surface area contributed by atoms with Gasteiger partial charge in [0.05, 0.1) is 7.11 Å². The van der Waals surface area contributed by atoms with Crippen molar-refractivity contribution in [1.29, 1.82) is 0 Å². The monoisotopic (exact) mass is 337 g/mol. The molecular weight excluding hydrogens is 321 g/mol. The van der Waals surface area contributed by atoms with E-state index in [0.717, 1.165) is 21.3 Å². The molecule has 0 aliphatic rings. The van der Waals surface area contributed by atoms with Crippen molar-refractivity contribution < 1.29 is 9.13 Å². The van der Waals surface area contributed by atoms with E-state index in [4.69, 9.17) is 4.74 Å². The SMILES string of the molecule is COc1ccc(C(C)Nc2cc(Br)ccc2C)cc1F. The Kier molecular flexibility index (Phi) is 4.65. The summed E-state index contributed by atoms with van der Waals surface area (Å²) in [6.07, 6.45) is 0. The van der Waals surface area contributed by atoms with Crippen molar-refractivity contribution in [3.63, 3.8) is 0 Å². The number of halogens is 2. The summed E-state index contributed by atoms with van der Waals surface area (Å²) in [5, 5.41) is 3.39. The van der Waals surface area contributed by atoms with E-state index in [9.17, 15) is 4.39 Å². The Hall–Kier alpha value is -1.55. The van der Waals surface area contributed by atoms with Gasteiger partial charge in [-0.3, -0.25) is 0 Å². The molecule has 1 N–H and O–H groups in total. The largest absolute Gasteiger partial charge is 0.494 e. The summed E-state index contributed by atoms with van der Waals surface area (Å²) in [6.45, 7) is 4.04. The Balaban J connectivity index is 2.21. The Labute approximate surface area is 127 Å². The molecule has 0 saturated carbocycles. The molecule has 0 spiro atoms. The molecule has 2 aromatic rings. The van der Waals surface area contributed by atoms with Crippen LogP contribution in [0.2, 0.25) is 0 Å². The van der Waals surface area contributed by atoms with Crippen molar-refractivity contribution in [1.82, 2.24) is 0 Å². The number of nitrogens with one attached hydrogen (secondary N) is 1. The third-order valence-corrected chi connectivity index (χ3v) is 3.74. The van der Waals surface area contributed by atoms with Gasteiger partial charge in [-0.05, 0) is 49.2 Å². The second-order valence-electron chi connectivity index (χ2n) is 4.72. The van der Waals surface area contributed by atoms with Gasteiger partial charge in [0, 0.05) is 16.2 Å². The predicted molar refractivity (Wildman–Crippen MR) is 83.9 cm³/mol. The first-order valence-electron chi connectivity index (χ1n) is 6.37. The lowest BCUT2D eigenvalue weighted by Gasteiger charge is -2.18. The highest BCUT2D eigenvalue weighted by atomic mass is 79.9. The van der Waals surface area contributed by atoms with Crippen molar-refractivity contribution in [2.45, 2.75) is 19.9 Å². The lowest BCUT2D eigenvalue weighted by molar-refractivity contribution is 0.386. The second-order valence-corrected chi connectivity index (χ2v) is 5.63. The zero-order chi connectivity index (χ0) is 14.7. The zero-order valence-corrected chi connectivity index (χ0v) is 13.3. The van der Waals surface area contributed by atoms with Gasteiger partial charge in [0.2, 0.25) is 0 Å². The molecule has 4 heteroatoms. The molecule has 0 fully saturated rings. The third-order valence-electron chi connectivity index (χ3n) is 3.25. The molecule has 1 unspecified atom stereocenters. The molecule has 0 saturated heterocycles. The molecule has 106 valence electrons. The van der Waals surface area contributed by atoms with E-state index in [0.29, 0.717) is 0 Å². The summed E-state index contributed by atoms with van der Waals surface area (Å²) < 4.78 is 19.7. The molecular formula is C16H17BrFNO. The summed E-state index contributed by atoms with van der Waals surface area (Å²) in [5.74, 6) is -0.0794. The van der Waals surface area contributed by atoms with Gasteiger partial charge >= 0.3 is 0 Å². The van der Waals surface area contributed by atoms with Crippen molar-refractivity contribution in [3.05, 3.63) is 57.8 Å². The van der Waals surface area contributed by atoms with Crippen LogP contribution in [0.1, 0.15) is 24.1 Å². The van der Waals surface area contributed by atoms with E-state index < -0.39 is 0 Å². The Morgan fingerprint density at radius 2 is 1.95 bits per heavy atom. The minimum Gasteiger partial charge on any atom is -0.494 e. The summed E-state index contributed by atoms with van der Waals surface area (Å²) in [6, 6.07) is 11.1. The molecule has 2 aromatic carbocycles. The molecule has 2 nitrogen and oxygen atoms in total. The van der Waals surface area contributed by atoms with Gasteiger partial charge in [0.15, 0.2) is 11.6 Å². The van der Waals surface area contributed by atoms with Crippen molar-refractivity contribution in [2.75, 3.05) is 12.4 Å². The van der Waals surface area contributed by atoms with E-state index in [-0.39, 0.29) is 17.6 Å². The van der Waals surface area contributed by atoms with Crippen LogP contribution in [0, 0.1) is 12.7 Å². The zero-order valence-electron chi connectivity index (χ0n) is 11.7. The van der Waals surface area contributed by atoms with E-state index in [1.54, 1.807) is 6.07 Å². The number of methoxy groups -OCH3 is 1. The molecule has 0 amide bonds. The highest BCUT2D eigenvalue weighted by Gasteiger charge is 2.10. The maximum absolute atomic E-state index is 13.7. The maximum atomic E-state index is 13.7. The highest BCUT2D eigenvalue weighted by Crippen LogP contribution is 2.27. The van der Waals surface area contributed by atoms with Crippen LogP contribution in [0.15, 0.2) is 40.9 Å². The Bertz CT molecular complexity index is 615. The number of aryl methyl sites for hydroxylation is 1. The van der Waals surface area contributed by atoms with Crippen LogP contribution in [-0.2, 0) is 0 Å². The molecule has 0 aliphatic heterocycles. The van der Waals surface area contributed by atoms with Crippen LogP contribution in [-0.4, -0.2) is 7.11 Å².